The van der Waals surface area contributed by atoms with Crippen molar-refractivity contribution < 1.29 is 9.59 Å². The average molecular weight is 397 g/mol. The Balaban J connectivity index is 0.00000169. The van der Waals surface area contributed by atoms with E-state index in [0.29, 0.717) is 17.8 Å². The van der Waals surface area contributed by atoms with Gasteiger partial charge in [-0.25, -0.2) is 0 Å². The third-order valence-corrected chi connectivity index (χ3v) is 3.93. The first-order valence-corrected chi connectivity index (χ1v) is 8.05. The first-order valence-electron chi connectivity index (χ1n) is 8.05. The lowest BCUT2D eigenvalue weighted by molar-refractivity contribution is -0.117. The number of carbonyl (C=O) groups is 2. The van der Waals surface area contributed by atoms with Crippen LogP contribution in [0.25, 0.3) is 0 Å². The van der Waals surface area contributed by atoms with Crippen LogP contribution in [0.5, 0.6) is 0 Å². The molecule has 1 fully saturated rings. The summed E-state index contributed by atoms with van der Waals surface area (Å²) in [4.78, 5) is 28.5. The monoisotopic (exact) mass is 396 g/mol. The fourth-order valence-electron chi connectivity index (χ4n) is 2.65. The number of hydrogen-bond acceptors (Lipinski definition) is 4. The highest BCUT2D eigenvalue weighted by atomic mass is 35.5. The van der Waals surface area contributed by atoms with E-state index in [2.05, 4.69) is 20.9 Å². The molecule has 1 saturated heterocycles. The molecule has 0 saturated carbocycles. The van der Waals surface area contributed by atoms with Crippen LogP contribution >= 0.6 is 24.8 Å². The third kappa shape index (κ3) is 5.98. The zero-order chi connectivity index (χ0) is 16.8. The highest BCUT2D eigenvalue weighted by molar-refractivity contribution is 5.98. The molecule has 2 aromatic rings. The lowest BCUT2D eigenvalue weighted by atomic mass is 10.1. The van der Waals surface area contributed by atoms with Gasteiger partial charge >= 0.3 is 0 Å². The zero-order valence-electron chi connectivity index (χ0n) is 14.1. The topological polar surface area (TPSA) is 83.1 Å². The Labute approximate surface area is 165 Å². The van der Waals surface area contributed by atoms with Crippen molar-refractivity contribution in [1.82, 2.24) is 15.6 Å². The number of amides is 2. The molecule has 1 aromatic carbocycles. The highest BCUT2D eigenvalue weighted by Crippen LogP contribution is 2.13. The van der Waals surface area contributed by atoms with Crippen LogP contribution in [0.15, 0.2) is 48.7 Å². The van der Waals surface area contributed by atoms with E-state index in [1.807, 2.05) is 18.2 Å². The Bertz CT molecular complexity index is 722. The van der Waals surface area contributed by atoms with E-state index in [1.54, 1.807) is 30.5 Å². The Kier molecular flexibility index (Phi) is 9.05. The number of carbonyl (C=O) groups excluding carboxylic acids is 2. The summed E-state index contributed by atoms with van der Waals surface area (Å²) in [5.74, 6) is -0.255. The standard InChI is InChI=1S/C18H20N4O2.2ClH/c23-17(21-12-15-6-1-2-9-19-15)13-5-3-7-14(11-13)22-18(24)16-8-4-10-20-16;;/h1-3,5-7,9,11,16,20H,4,8,10,12H2,(H,21,23)(H,22,24);2*1H. The van der Waals surface area contributed by atoms with Gasteiger partial charge in [0.15, 0.2) is 0 Å². The van der Waals surface area contributed by atoms with Crippen LogP contribution in [0.4, 0.5) is 5.69 Å². The molecule has 1 aliphatic rings. The van der Waals surface area contributed by atoms with Gasteiger partial charge in [-0.3, -0.25) is 14.6 Å². The highest BCUT2D eigenvalue weighted by Gasteiger charge is 2.22. The Morgan fingerprint density at radius 3 is 2.69 bits per heavy atom. The van der Waals surface area contributed by atoms with E-state index in [0.717, 1.165) is 25.1 Å². The van der Waals surface area contributed by atoms with Gasteiger partial charge in [0.1, 0.15) is 0 Å². The Morgan fingerprint density at radius 1 is 1.15 bits per heavy atom. The van der Waals surface area contributed by atoms with Crippen molar-refractivity contribution >= 4 is 42.3 Å². The smallest absolute Gasteiger partial charge is 0.251 e. The molecule has 26 heavy (non-hydrogen) atoms. The molecule has 1 unspecified atom stereocenters. The summed E-state index contributed by atoms with van der Waals surface area (Å²) in [5, 5.41) is 8.84. The molecule has 8 heteroatoms. The number of pyridine rings is 1. The van der Waals surface area contributed by atoms with Gasteiger partial charge in [0, 0.05) is 17.4 Å². The van der Waals surface area contributed by atoms with Gasteiger partial charge < -0.3 is 16.0 Å². The lowest BCUT2D eigenvalue weighted by Gasteiger charge is -2.12. The molecule has 3 N–H and O–H groups in total. The molecule has 3 rings (SSSR count). The van der Waals surface area contributed by atoms with Gasteiger partial charge in [0.05, 0.1) is 18.3 Å². The second-order valence-corrected chi connectivity index (χ2v) is 5.72. The first kappa shape index (κ1) is 21.9. The van der Waals surface area contributed by atoms with E-state index < -0.39 is 0 Å². The molecule has 0 spiro atoms. The molecule has 2 amide bonds. The molecular formula is C18H22Cl2N4O2. The Hall–Kier alpha value is -2.15. The van der Waals surface area contributed by atoms with E-state index >= 15 is 0 Å². The number of nitrogens with zero attached hydrogens (tertiary/aromatic N) is 1. The largest absolute Gasteiger partial charge is 0.346 e. The number of benzene rings is 1. The van der Waals surface area contributed by atoms with E-state index in [9.17, 15) is 9.59 Å². The summed E-state index contributed by atoms with van der Waals surface area (Å²) in [6, 6.07) is 12.4. The number of rotatable bonds is 5. The second-order valence-electron chi connectivity index (χ2n) is 5.72. The van der Waals surface area contributed by atoms with E-state index in [-0.39, 0.29) is 42.7 Å². The summed E-state index contributed by atoms with van der Waals surface area (Å²) in [6.07, 6.45) is 3.54. The lowest BCUT2D eigenvalue weighted by Crippen LogP contribution is -2.35. The predicted octanol–water partition coefficient (Wildman–Crippen LogP) is 2.55. The van der Waals surface area contributed by atoms with Gasteiger partial charge in [-0.1, -0.05) is 12.1 Å². The summed E-state index contributed by atoms with van der Waals surface area (Å²) in [5.41, 5.74) is 1.92. The molecule has 0 bridgehead atoms. The maximum atomic E-state index is 12.2. The van der Waals surface area contributed by atoms with Gasteiger partial charge in [-0.2, -0.15) is 0 Å². The van der Waals surface area contributed by atoms with Crippen LogP contribution in [-0.2, 0) is 11.3 Å². The third-order valence-electron chi connectivity index (χ3n) is 3.93. The summed E-state index contributed by atoms with van der Waals surface area (Å²) < 4.78 is 0. The number of halogens is 2. The molecule has 1 aromatic heterocycles. The fourth-order valence-corrected chi connectivity index (χ4v) is 2.65. The minimum absolute atomic E-state index is 0. The van der Waals surface area contributed by atoms with Gasteiger partial charge in [-0.05, 0) is 49.7 Å². The van der Waals surface area contributed by atoms with Crippen molar-refractivity contribution in [2.75, 3.05) is 11.9 Å². The first-order chi connectivity index (χ1) is 11.7. The fraction of sp³-hybridized carbons (Fsp3) is 0.278. The van der Waals surface area contributed by atoms with Crippen molar-refractivity contribution in [1.29, 1.82) is 0 Å². The number of nitrogens with one attached hydrogen (secondary N) is 3. The SMILES string of the molecule is Cl.Cl.O=C(NCc1ccccn1)c1cccc(NC(=O)C2CCCN2)c1. The zero-order valence-corrected chi connectivity index (χ0v) is 15.7. The van der Waals surface area contributed by atoms with Gasteiger partial charge in [0.2, 0.25) is 5.91 Å². The van der Waals surface area contributed by atoms with Crippen LogP contribution in [0.2, 0.25) is 0 Å². The summed E-state index contributed by atoms with van der Waals surface area (Å²) in [6.45, 7) is 1.23. The summed E-state index contributed by atoms with van der Waals surface area (Å²) >= 11 is 0. The second kappa shape index (κ2) is 10.8. The van der Waals surface area contributed by atoms with Crippen LogP contribution in [0.1, 0.15) is 28.9 Å². The molecule has 6 nitrogen and oxygen atoms in total. The number of hydrogen-bond donors (Lipinski definition) is 3. The van der Waals surface area contributed by atoms with Crippen molar-refractivity contribution in [2.45, 2.75) is 25.4 Å². The van der Waals surface area contributed by atoms with Crippen molar-refractivity contribution in [3.05, 3.63) is 59.9 Å². The maximum absolute atomic E-state index is 12.2. The van der Waals surface area contributed by atoms with Crippen molar-refractivity contribution in [3.8, 4) is 0 Å². The molecule has 1 atom stereocenters. The quantitative estimate of drug-likeness (QED) is 0.724. The average Bonchev–Trinajstić information content (AvgIpc) is 3.15. The Morgan fingerprint density at radius 2 is 2.00 bits per heavy atom. The molecule has 140 valence electrons. The number of aromatic nitrogens is 1. The maximum Gasteiger partial charge on any atom is 0.251 e. The summed E-state index contributed by atoms with van der Waals surface area (Å²) in [7, 11) is 0. The molecular weight excluding hydrogens is 375 g/mol. The molecule has 0 radical (unpaired) electrons. The van der Waals surface area contributed by atoms with Crippen LogP contribution in [0.3, 0.4) is 0 Å². The van der Waals surface area contributed by atoms with Crippen LogP contribution < -0.4 is 16.0 Å². The van der Waals surface area contributed by atoms with Crippen molar-refractivity contribution in [3.63, 3.8) is 0 Å². The predicted molar refractivity (Wildman–Crippen MR) is 106 cm³/mol. The minimum Gasteiger partial charge on any atom is -0.346 e. The van der Waals surface area contributed by atoms with Gasteiger partial charge in [0.25, 0.3) is 5.91 Å². The number of anilines is 1. The molecule has 0 aliphatic carbocycles. The molecule has 2 heterocycles. The van der Waals surface area contributed by atoms with E-state index in [4.69, 9.17) is 0 Å². The van der Waals surface area contributed by atoms with Gasteiger partial charge in [-0.15, -0.1) is 24.8 Å². The van der Waals surface area contributed by atoms with Crippen LogP contribution in [0, 0.1) is 0 Å². The van der Waals surface area contributed by atoms with Crippen LogP contribution in [-0.4, -0.2) is 29.4 Å². The molecule has 1 aliphatic heterocycles. The van der Waals surface area contributed by atoms with E-state index in [1.165, 1.54) is 0 Å². The normalized spacial score (nSPS) is 15.3. The van der Waals surface area contributed by atoms with Crippen molar-refractivity contribution in [2.24, 2.45) is 0 Å². The minimum atomic E-state index is -0.198.